The number of ether oxygens (including phenoxy) is 1. The summed E-state index contributed by atoms with van der Waals surface area (Å²) < 4.78 is 18.9. The second-order valence-corrected chi connectivity index (χ2v) is 4.20. The van der Waals surface area contributed by atoms with E-state index >= 15 is 0 Å². The van der Waals surface area contributed by atoms with Crippen LogP contribution < -0.4 is 4.74 Å². The van der Waals surface area contributed by atoms with Gasteiger partial charge in [0.25, 0.3) is 0 Å². The number of imidazole rings is 1. The molecule has 0 aliphatic carbocycles. The van der Waals surface area contributed by atoms with Gasteiger partial charge in [-0.25, -0.2) is 9.37 Å². The van der Waals surface area contributed by atoms with Gasteiger partial charge < -0.3 is 9.72 Å². The number of hydrogen-bond acceptors (Lipinski definition) is 3. The van der Waals surface area contributed by atoms with Gasteiger partial charge in [0.05, 0.1) is 24.9 Å². The molecule has 2 aromatic rings. The lowest BCUT2D eigenvalue weighted by Crippen LogP contribution is -1.98. The van der Waals surface area contributed by atoms with E-state index in [4.69, 9.17) is 4.74 Å². The van der Waals surface area contributed by atoms with Crippen LogP contribution in [0.25, 0.3) is 11.3 Å². The topological polar surface area (TPSA) is 55.0 Å². The quantitative estimate of drug-likeness (QED) is 0.901. The molecule has 0 amide bonds. The van der Waals surface area contributed by atoms with Gasteiger partial charge in [0.2, 0.25) is 0 Å². The Morgan fingerprint density at radius 2 is 2.26 bits per heavy atom. The molecule has 0 unspecified atom stereocenters. The van der Waals surface area contributed by atoms with Crippen molar-refractivity contribution in [3.63, 3.8) is 0 Å². The lowest BCUT2D eigenvalue weighted by molar-refractivity contribution is -0.116. The summed E-state index contributed by atoms with van der Waals surface area (Å²) >= 11 is 0. The van der Waals surface area contributed by atoms with Crippen LogP contribution in [0.5, 0.6) is 5.75 Å². The first-order chi connectivity index (χ1) is 9.10. The van der Waals surface area contributed by atoms with Gasteiger partial charge in [-0.2, -0.15) is 0 Å². The molecule has 100 valence electrons. The zero-order valence-electron chi connectivity index (χ0n) is 10.9. The van der Waals surface area contributed by atoms with E-state index in [9.17, 15) is 9.18 Å². The summed E-state index contributed by atoms with van der Waals surface area (Å²) in [4.78, 5) is 18.1. The van der Waals surface area contributed by atoms with Crippen molar-refractivity contribution in [3.8, 4) is 17.0 Å². The SMILES string of the molecule is CCOc1ccc(-c2cnc(CC(C)=O)[nH]2)cc1F. The average molecular weight is 262 g/mol. The Hall–Kier alpha value is -2.17. The van der Waals surface area contributed by atoms with Crippen molar-refractivity contribution in [1.29, 1.82) is 0 Å². The van der Waals surface area contributed by atoms with Crippen molar-refractivity contribution in [2.45, 2.75) is 20.3 Å². The molecule has 0 radical (unpaired) electrons. The molecule has 0 fully saturated rings. The summed E-state index contributed by atoms with van der Waals surface area (Å²) in [6, 6.07) is 4.72. The Labute approximate surface area is 110 Å². The maximum Gasteiger partial charge on any atom is 0.165 e. The Morgan fingerprint density at radius 3 is 2.89 bits per heavy atom. The van der Waals surface area contributed by atoms with Crippen molar-refractivity contribution >= 4 is 5.78 Å². The number of ketones is 1. The van der Waals surface area contributed by atoms with E-state index in [1.165, 1.54) is 13.0 Å². The molecule has 0 saturated carbocycles. The maximum absolute atomic E-state index is 13.7. The number of H-pyrrole nitrogens is 1. The van der Waals surface area contributed by atoms with Gasteiger partial charge in [-0.1, -0.05) is 0 Å². The number of aromatic nitrogens is 2. The zero-order valence-corrected chi connectivity index (χ0v) is 10.9. The first-order valence-electron chi connectivity index (χ1n) is 6.06. The highest BCUT2D eigenvalue weighted by atomic mass is 19.1. The van der Waals surface area contributed by atoms with E-state index in [2.05, 4.69) is 9.97 Å². The highest BCUT2D eigenvalue weighted by Crippen LogP contribution is 2.24. The molecule has 1 N–H and O–H groups in total. The molecule has 5 heteroatoms. The van der Waals surface area contributed by atoms with E-state index in [-0.39, 0.29) is 18.0 Å². The fourth-order valence-electron chi connectivity index (χ4n) is 1.78. The molecule has 4 nitrogen and oxygen atoms in total. The van der Waals surface area contributed by atoms with Crippen LogP contribution in [-0.2, 0) is 11.2 Å². The summed E-state index contributed by atoms with van der Waals surface area (Å²) in [6.45, 7) is 3.72. The predicted molar refractivity (Wildman–Crippen MR) is 69.5 cm³/mol. The molecule has 0 saturated heterocycles. The maximum atomic E-state index is 13.7. The normalized spacial score (nSPS) is 10.5. The fraction of sp³-hybridized carbons (Fsp3) is 0.286. The molecule has 0 spiro atoms. The van der Waals surface area contributed by atoms with Crippen molar-refractivity contribution in [1.82, 2.24) is 9.97 Å². The Balaban J connectivity index is 2.24. The van der Waals surface area contributed by atoms with Crippen LogP contribution >= 0.6 is 0 Å². The van der Waals surface area contributed by atoms with Gasteiger partial charge in [-0.05, 0) is 32.0 Å². The van der Waals surface area contributed by atoms with E-state index in [0.29, 0.717) is 23.7 Å². The predicted octanol–water partition coefficient (Wildman–Crippen LogP) is 2.75. The number of nitrogens with one attached hydrogen (secondary N) is 1. The van der Waals surface area contributed by atoms with Gasteiger partial charge in [0.15, 0.2) is 11.6 Å². The third-order valence-corrected chi connectivity index (χ3v) is 2.59. The van der Waals surface area contributed by atoms with E-state index < -0.39 is 5.82 Å². The number of halogens is 1. The van der Waals surface area contributed by atoms with Gasteiger partial charge in [0, 0.05) is 5.56 Å². The first-order valence-corrected chi connectivity index (χ1v) is 6.06. The number of nitrogens with zero attached hydrogens (tertiary/aromatic N) is 1. The smallest absolute Gasteiger partial charge is 0.165 e. The van der Waals surface area contributed by atoms with Crippen LogP contribution in [0.3, 0.4) is 0 Å². The lowest BCUT2D eigenvalue weighted by atomic mass is 10.1. The van der Waals surface area contributed by atoms with Crippen LogP contribution in [0.1, 0.15) is 19.7 Å². The molecule has 1 aromatic carbocycles. The summed E-state index contributed by atoms with van der Waals surface area (Å²) in [7, 11) is 0. The summed E-state index contributed by atoms with van der Waals surface area (Å²) in [5.74, 6) is 0.423. The Bertz CT molecular complexity index is 593. The zero-order chi connectivity index (χ0) is 13.8. The van der Waals surface area contributed by atoms with Crippen LogP contribution in [0, 0.1) is 5.82 Å². The first kappa shape index (κ1) is 13.3. The van der Waals surface area contributed by atoms with E-state index in [1.807, 2.05) is 0 Å². The van der Waals surface area contributed by atoms with Gasteiger partial charge in [-0.15, -0.1) is 0 Å². The number of rotatable bonds is 5. The summed E-state index contributed by atoms with van der Waals surface area (Å²) in [5.41, 5.74) is 1.35. The minimum absolute atomic E-state index is 0.0266. The minimum atomic E-state index is -0.415. The lowest BCUT2D eigenvalue weighted by Gasteiger charge is -2.05. The summed E-state index contributed by atoms with van der Waals surface area (Å²) in [5, 5.41) is 0. The number of Topliss-reactive ketones (excluding diaryl/α,β-unsaturated/α-hetero) is 1. The monoisotopic (exact) mass is 262 g/mol. The molecular weight excluding hydrogens is 247 g/mol. The molecule has 2 rings (SSSR count). The molecule has 1 heterocycles. The minimum Gasteiger partial charge on any atom is -0.491 e. The molecule has 0 atom stereocenters. The van der Waals surface area contributed by atoms with Crippen LogP contribution in [0.4, 0.5) is 4.39 Å². The standard InChI is InChI=1S/C14H15FN2O2/c1-3-19-13-5-4-10(7-11(13)15)12-8-16-14(17-12)6-9(2)18/h4-5,7-8H,3,6H2,1-2H3,(H,16,17). The van der Waals surface area contributed by atoms with Crippen molar-refractivity contribution in [2.75, 3.05) is 6.61 Å². The average Bonchev–Trinajstić information content (AvgIpc) is 2.79. The summed E-state index contributed by atoms with van der Waals surface area (Å²) in [6.07, 6.45) is 1.84. The number of hydrogen-bond donors (Lipinski definition) is 1. The fourth-order valence-corrected chi connectivity index (χ4v) is 1.78. The molecule has 0 bridgehead atoms. The molecule has 0 aliphatic rings. The van der Waals surface area contributed by atoms with Crippen molar-refractivity contribution < 1.29 is 13.9 Å². The van der Waals surface area contributed by atoms with E-state index in [1.54, 1.807) is 25.3 Å². The highest BCUT2D eigenvalue weighted by molar-refractivity contribution is 5.77. The van der Waals surface area contributed by atoms with E-state index in [0.717, 1.165) is 0 Å². The highest BCUT2D eigenvalue weighted by Gasteiger charge is 2.09. The molecule has 19 heavy (non-hydrogen) atoms. The Morgan fingerprint density at radius 1 is 1.47 bits per heavy atom. The number of aromatic amines is 1. The second-order valence-electron chi connectivity index (χ2n) is 4.20. The van der Waals surface area contributed by atoms with Crippen LogP contribution in [0.15, 0.2) is 24.4 Å². The number of benzene rings is 1. The van der Waals surface area contributed by atoms with Gasteiger partial charge in [-0.3, -0.25) is 4.79 Å². The largest absolute Gasteiger partial charge is 0.491 e. The number of carbonyl (C=O) groups excluding carboxylic acids is 1. The Kier molecular flexibility index (Phi) is 3.94. The van der Waals surface area contributed by atoms with Crippen LogP contribution in [0.2, 0.25) is 0 Å². The molecule has 1 aromatic heterocycles. The van der Waals surface area contributed by atoms with Gasteiger partial charge >= 0.3 is 0 Å². The van der Waals surface area contributed by atoms with Gasteiger partial charge in [0.1, 0.15) is 11.6 Å². The van der Waals surface area contributed by atoms with Crippen LogP contribution in [-0.4, -0.2) is 22.4 Å². The van der Waals surface area contributed by atoms with Crippen molar-refractivity contribution in [3.05, 3.63) is 36.0 Å². The molecular formula is C14H15FN2O2. The third-order valence-electron chi connectivity index (χ3n) is 2.59. The third kappa shape index (κ3) is 3.19. The van der Waals surface area contributed by atoms with Crippen molar-refractivity contribution in [2.24, 2.45) is 0 Å². The number of carbonyl (C=O) groups is 1. The second kappa shape index (κ2) is 5.65. The molecule has 0 aliphatic heterocycles.